The molecule has 0 aliphatic heterocycles. The Morgan fingerprint density at radius 2 is 0.794 bits per heavy atom. The average molecular weight is 495 g/mol. The molecule has 0 atom stereocenters. The third-order valence-electron chi connectivity index (χ3n) is 5.22. The van der Waals surface area contributed by atoms with Gasteiger partial charge in [-0.05, 0) is 18.9 Å². The van der Waals surface area contributed by atoms with Crippen molar-refractivity contribution < 1.29 is 50.1 Å². The molecule has 0 unspecified atom stereocenters. The van der Waals surface area contributed by atoms with Crippen LogP contribution in [0.5, 0.6) is 0 Å². The maximum absolute atomic E-state index is 4.54. The molecule has 0 aromatic heterocycles. The van der Waals surface area contributed by atoms with Crippen molar-refractivity contribution in [2.75, 3.05) is 0 Å². The fourth-order valence-electron chi connectivity index (χ4n) is 3.42. The Morgan fingerprint density at radius 1 is 0.441 bits per heavy atom. The van der Waals surface area contributed by atoms with Crippen LogP contribution in [0.15, 0.2) is 25.2 Å². The molecular weight excluding hydrogens is 448 g/mol. The van der Waals surface area contributed by atoms with Crippen LogP contribution >= 0.6 is 0 Å². The Kier molecular flexibility index (Phi) is 30.6. The molecule has 0 amide bonds. The van der Waals surface area contributed by atoms with Crippen molar-refractivity contribution in [3.8, 4) is 0 Å². The van der Waals surface area contributed by atoms with Gasteiger partial charge in [0.1, 0.15) is 12.5 Å². The summed E-state index contributed by atoms with van der Waals surface area (Å²) in [5.74, 6) is 0. The van der Waals surface area contributed by atoms with Gasteiger partial charge in [0.25, 0.3) is 0 Å². The molecule has 0 bridgehead atoms. The van der Waals surface area contributed by atoms with Crippen molar-refractivity contribution >= 4 is 0 Å². The minimum Gasteiger partial charge on any atom is -0.315 e. The van der Waals surface area contributed by atoms with E-state index in [1.165, 1.54) is 115 Å². The van der Waals surface area contributed by atoms with Crippen LogP contribution < -0.4 is 0 Å². The van der Waals surface area contributed by atoms with Crippen LogP contribution in [0.4, 0.5) is 0 Å². The van der Waals surface area contributed by atoms with E-state index in [4.69, 9.17) is 0 Å². The van der Waals surface area contributed by atoms with Crippen LogP contribution in [0, 0.1) is 0 Å². The Balaban J connectivity index is 3.07. The molecule has 0 aromatic carbocycles. The molecule has 0 N–H and O–H groups in total. The van der Waals surface area contributed by atoms with E-state index in [0.29, 0.717) is 0 Å². The third kappa shape index (κ3) is 30.8. The summed E-state index contributed by atoms with van der Waals surface area (Å²) in [4.78, 5) is 8.59. The topological polar surface area (TPSA) is 92.3 Å². The van der Waals surface area contributed by atoms with Crippen LogP contribution in [0.1, 0.15) is 129 Å². The third-order valence-corrected chi connectivity index (χ3v) is 5.22. The van der Waals surface area contributed by atoms with Gasteiger partial charge in [0.15, 0.2) is 0 Å². The van der Waals surface area contributed by atoms with Gasteiger partial charge in [-0.3, -0.25) is 0 Å². The van der Waals surface area contributed by atoms with Gasteiger partial charge in [0, 0.05) is 40.3 Å². The van der Waals surface area contributed by atoms with E-state index in [1.54, 1.807) is 0 Å². The molecule has 0 saturated heterocycles. The highest BCUT2D eigenvalue weighted by molar-refractivity contribution is 4.71. The lowest BCUT2D eigenvalue weighted by molar-refractivity contribution is -0.841. The van der Waals surface area contributed by atoms with Crippen LogP contribution in [-0.2, 0) is 50.1 Å². The maximum atomic E-state index is 4.54. The predicted octanol–water partition coefficient (Wildman–Crippen LogP) is 8.48. The molecule has 0 saturated carbocycles. The molecule has 0 aromatic rings. The normalized spacial score (nSPS) is 11.3. The molecule has 10 nitrogen and oxygen atoms in total. The molecule has 202 valence electrons. The number of unbranched alkanes of at least 4 members (excludes halogenated alkanes) is 18. The highest BCUT2D eigenvalue weighted by Gasteiger charge is 1.96. The molecule has 0 aliphatic carbocycles. The van der Waals surface area contributed by atoms with Crippen molar-refractivity contribution in [1.29, 1.82) is 0 Å². The van der Waals surface area contributed by atoms with Crippen LogP contribution in [0.3, 0.4) is 0 Å². The summed E-state index contributed by atoms with van der Waals surface area (Å²) in [5.41, 5.74) is 0. The minimum absolute atomic E-state index is 0.889. The highest BCUT2D eigenvalue weighted by Crippen LogP contribution is 2.14. The lowest BCUT2D eigenvalue weighted by Crippen LogP contribution is -2.01. The fraction of sp³-hybridized carbons (Fsp3) is 0.833. The zero-order valence-electron chi connectivity index (χ0n) is 21.0. The average Bonchev–Trinajstić information content (AvgIpc) is 2.85. The summed E-state index contributed by atoms with van der Waals surface area (Å²) in [6, 6.07) is 0. The fourth-order valence-corrected chi connectivity index (χ4v) is 3.42. The molecule has 10 heteroatoms. The van der Waals surface area contributed by atoms with Gasteiger partial charge < -0.3 is 9.78 Å². The summed E-state index contributed by atoms with van der Waals surface area (Å²) in [7, 11) is 0. The van der Waals surface area contributed by atoms with Crippen molar-refractivity contribution in [1.82, 2.24) is 0 Å². The Bertz CT molecular complexity index is 409. The summed E-state index contributed by atoms with van der Waals surface area (Å²) in [6.45, 7) is 5.44. The molecular formula is C24H46O10. The van der Waals surface area contributed by atoms with E-state index in [2.05, 4.69) is 63.6 Å². The zero-order valence-corrected chi connectivity index (χ0v) is 21.0. The van der Waals surface area contributed by atoms with Crippen molar-refractivity contribution in [2.24, 2.45) is 0 Å². The van der Waals surface area contributed by atoms with E-state index in [-0.39, 0.29) is 0 Å². The first-order valence-corrected chi connectivity index (χ1v) is 12.8. The van der Waals surface area contributed by atoms with E-state index in [0.717, 1.165) is 19.1 Å². The zero-order chi connectivity index (χ0) is 24.6. The van der Waals surface area contributed by atoms with E-state index in [1.807, 2.05) is 6.08 Å². The summed E-state index contributed by atoms with van der Waals surface area (Å²) >= 11 is 0. The van der Waals surface area contributed by atoms with E-state index in [9.17, 15) is 0 Å². The second-order valence-corrected chi connectivity index (χ2v) is 8.07. The van der Waals surface area contributed by atoms with Gasteiger partial charge >= 0.3 is 0 Å². The number of hydrogen-bond donors (Lipinski definition) is 0. The molecule has 0 radical (unpaired) electrons. The first-order chi connectivity index (χ1) is 16.9. The molecule has 0 rings (SSSR count). The Labute approximate surface area is 204 Å². The number of rotatable bonds is 30. The summed E-state index contributed by atoms with van der Waals surface area (Å²) < 4.78 is 0. The summed E-state index contributed by atoms with van der Waals surface area (Å²) in [5, 5.41) is 30.9. The highest BCUT2D eigenvalue weighted by atomic mass is 17.9. The second-order valence-electron chi connectivity index (χ2n) is 8.07. The van der Waals surface area contributed by atoms with Crippen molar-refractivity contribution in [3.05, 3.63) is 25.2 Å². The van der Waals surface area contributed by atoms with Gasteiger partial charge in [-0.2, -0.15) is 0 Å². The first-order valence-electron chi connectivity index (χ1n) is 12.8. The standard InChI is InChI=1S/C24H46O10/c1-3-5-6-7-8-9-10-11-12-13-14-15-16-17-18-19-20-21-22-23-24-26-28-30-32-34-33-31-29-27-25-4-2/h4,23-24H,2-3,5-22H2,1H3. The predicted molar refractivity (Wildman–Crippen MR) is 124 cm³/mol. The number of hydrogen-bond acceptors (Lipinski definition) is 10. The van der Waals surface area contributed by atoms with Crippen LogP contribution in [0.2, 0.25) is 0 Å². The monoisotopic (exact) mass is 494 g/mol. The lowest BCUT2D eigenvalue weighted by Gasteiger charge is -2.03. The SMILES string of the molecule is C=COOOOOOOOOOC=CCCCCCCCCCCCCCCCCCCCC. The van der Waals surface area contributed by atoms with Gasteiger partial charge in [-0.15, -0.1) is 0 Å². The quantitative estimate of drug-likeness (QED) is 0.0419. The molecule has 0 spiro atoms. The van der Waals surface area contributed by atoms with Gasteiger partial charge in [0.05, 0.1) is 0 Å². The maximum Gasteiger partial charge on any atom is 0.129 e. The molecule has 0 aliphatic rings. The first kappa shape index (κ1) is 32.8. The Hall–Kier alpha value is -1.24. The van der Waals surface area contributed by atoms with Gasteiger partial charge in [-0.25, -0.2) is 0 Å². The van der Waals surface area contributed by atoms with E-state index >= 15 is 0 Å². The van der Waals surface area contributed by atoms with Crippen LogP contribution in [0.25, 0.3) is 0 Å². The Morgan fingerprint density at radius 3 is 1.21 bits per heavy atom. The molecule has 0 fully saturated rings. The minimum atomic E-state index is 0.889. The van der Waals surface area contributed by atoms with Crippen LogP contribution in [-0.4, -0.2) is 0 Å². The summed E-state index contributed by atoms with van der Waals surface area (Å²) in [6.07, 6.45) is 29.6. The lowest BCUT2D eigenvalue weighted by atomic mass is 10.0. The van der Waals surface area contributed by atoms with Crippen molar-refractivity contribution in [3.63, 3.8) is 0 Å². The number of allylic oxidation sites excluding steroid dienone is 1. The molecule has 0 heterocycles. The largest absolute Gasteiger partial charge is 0.315 e. The van der Waals surface area contributed by atoms with Crippen molar-refractivity contribution in [2.45, 2.75) is 129 Å². The second kappa shape index (κ2) is 31.8. The van der Waals surface area contributed by atoms with Gasteiger partial charge in [-0.1, -0.05) is 123 Å². The van der Waals surface area contributed by atoms with Gasteiger partial charge in [0.2, 0.25) is 0 Å². The van der Waals surface area contributed by atoms with E-state index < -0.39 is 0 Å². The molecule has 34 heavy (non-hydrogen) atoms. The smallest absolute Gasteiger partial charge is 0.129 e.